The van der Waals surface area contributed by atoms with Crippen LogP contribution in [0.25, 0.3) is 0 Å². The molecule has 2 atom stereocenters. The molecule has 0 bridgehead atoms. The Morgan fingerprint density at radius 3 is 2.71 bits per heavy atom. The molecule has 3 rings (SSSR count). The number of fused-ring (bicyclic) bond motifs is 1. The zero-order chi connectivity index (χ0) is 12.0. The summed E-state index contributed by atoms with van der Waals surface area (Å²) in [5, 5.41) is 5.95. The number of halogens is 2. The Balaban J connectivity index is 1.72. The van der Waals surface area contributed by atoms with Gasteiger partial charge in [-0.2, -0.15) is 0 Å². The number of benzene rings is 1. The van der Waals surface area contributed by atoms with Gasteiger partial charge in [-0.15, -0.1) is 0 Å². The molecule has 17 heavy (non-hydrogen) atoms. The smallest absolute Gasteiger partial charge is 0.254 e. The lowest BCUT2D eigenvalue weighted by Crippen LogP contribution is -2.33. The SMILES string of the molecule is O=C(NC1C2CNCC21)c1cc(F)ccc1F. The molecule has 1 aromatic rings. The summed E-state index contributed by atoms with van der Waals surface area (Å²) < 4.78 is 26.3. The molecule has 3 nitrogen and oxygen atoms in total. The van der Waals surface area contributed by atoms with Gasteiger partial charge < -0.3 is 10.6 Å². The molecule has 1 aliphatic heterocycles. The molecule has 1 aliphatic carbocycles. The van der Waals surface area contributed by atoms with Crippen molar-refractivity contribution in [2.24, 2.45) is 11.8 Å². The van der Waals surface area contributed by atoms with Gasteiger partial charge in [0.1, 0.15) is 11.6 Å². The first kappa shape index (κ1) is 10.7. The zero-order valence-electron chi connectivity index (χ0n) is 9.04. The van der Waals surface area contributed by atoms with Crippen LogP contribution in [0.4, 0.5) is 8.78 Å². The van der Waals surface area contributed by atoms with Gasteiger partial charge in [0.25, 0.3) is 5.91 Å². The fraction of sp³-hybridized carbons (Fsp3) is 0.417. The quantitative estimate of drug-likeness (QED) is 0.804. The molecule has 1 heterocycles. The Kier molecular flexibility index (Phi) is 2.36. The fourth-order valence-corrected chi connectivity index (χ4v) is 2.53. The highest BCUT2D eigenvalue weighted by molar-refractivity contribution is 5.94. The van der Waals surface area contributed by atoms with Crippen LogP contribution in [-0.4, -0.2) is 25.0 Å². The first-order valence-corrected chi connectivity index (χ1v) is 5.63. The van der Waals surface area contributed by atoms with Crippen molar-refractivity contribution in [2.45, 2.75) is 6.04 Å². The highest BCUT2D eigenvalue weighted by atomic mass is 19.1. The maximum Gasteiger partial charge on any atom is 0.254 e. The van der Waals surface area contributed by atoms with Crippen LogP contribution in [0.1, 0.15) is 10.4 Å². The lowest BCUT2D eigenvalue weighted by atomic mass is 10.2. The number of piperidine rings is 1. The molecule has 2 unspecified atom stereocenters. The van der Waals surface area contributed by atoms with Crippen molar-refractivity contribution in [3.8, 4) is 0 Å². The third-order valence-corrected chi connectivity index (χ3v) is 3.56. The van der Waals surface area contributed by atoms with E-state index in [1.807, 2.05) is 0 Å². The third kappa shape index (κ3) is 1.80. The normalized spacial score (nSPS) is 29.9. The van der Waals surface area contributed by atoms with Crippen LogP contribution in [0.2, 0.25) is 0 Å². The number of carbonyl (C=O) groups excluding carboxylic acids is 1. The van der Waals surface area contributed by atoms with Gasteiger partial charge in [-0.05, 0) is 30.0 Å². The van der Waals surface area contributed by atoms with Crippen LogP contribution in [0, 0.1) is 23.5 Å². The first-order valence-electron chi connectivity index (χ1n) is 5.63. The predicted octanol–water partition coefficient (Wildman–Crippen LogP) is 0.912. The molecule has 1 saturated carbocycles. The Morgan fingerprint density at radius 1 is 1.29 bits per heavy atom. The van der Waals surface area contributed by atoms with Crippen LogP contribution in [0.15, 0.2) is 18.2 Å². The third-order valence-electron chi connectivity index (χ3n) is 3.56. The summed E-state index contributed by atoms with van der Waals surface area (Å²) in [5.74, 6) is -0.908. The van der Waals surface area contributed by atoms with Crippen molar-refractivity contribution in [1.82, 2.24) is 10.6 Å². The monoisotopic (exact) mass is 238 g/mol. The maximum atomic E-state index is 13.3. The molecule has 1 aromatic carbocycles. The molecular weight excluding hydrogens is 226 g/mol. The lowest BCUT2D eigenvalue weighted by molar-refractivity contribution is 0.0942. The zero-order valence-corrected chi connectivity index (χ0v) is 9.04. The van der Waals surface area contributed by atoms with Crippen LogP contribution in [0.5, 0.6) is 0 Å². The van der Waals surface area contributed by atoms with Gasteiger partial charge in [0.2, 0.25) is 0 Å². The molecule has 0 aromatic heterocycles. The summed E-state index contributed by atoms with van der Waals surface area (Å²) in [6, 6.07) is 3.02. The molecule has 5 heteroatoms. The number of carbonyl (C=O) groups is 1. The number of rotatable bonds is 2. The van der Waals surface area contributed by atoms with Crippen LogP contribution >= 0.6 is 0 Å². The van der Waals surface area contributed by atoms with E-state index >= 15 is 0 Å². The topological polar surface area (TPSA) is 41.1 Å². The van der Waals surface area contributed by atoms with Crippen molar-refractivity contribution in [1.29, 1.82) is 0 Å². The second kappa shape index (κ2) is 3.77. The van der Waals surface area contributed by atoms with Crippen molar-refractivity contribution >= 4 is 5.91 Å². The van der Waals surface area contributed by atoms with Crippen molar-refractivity contribution in [3.05, 3.63) is 35.4 Å². The van der Waals surface area contributed by atoms with Crippen LogP contribution in [-0.2, 0) is 0 Å². The Labute approximate surface area is 97.2 Å². The molecule has 1 saturated heterocycles. The van der Waals surface area contributed by atoms with Gasteiger partial charge >= 0.3 is 0 Å². The second-order valence-corrected chi connectivity index (χ2v) is 4.61. The summed E-state index contributed by atoms with van der Waals surface area (Å²) in [4.78, 5) is 11.8. The fourth-order valence-electron chi connectivity index (χ4n) is 2.53. The van der Waals surface area contributed by atoms with E-state index in [4.69, 9.17) is 0 Å². The Morgan fingerprint density at radius 2 is 2.00 bits per heavy atom. The van der Waals surface area contributed by atoms with Gasteiger partial charge in [-0.1, -0.05) is 0 Å². The molecule has 1 amide bonds. The van der Waals surface area contributed by atoms with Crippen molar-refractivity contribution in [2.75, 3.05) is 13.1 Å². The van der Waals surface area contributed by atoms with Gasteiger partial charge in [0.05, 0.1) is 5.56 Å². The van der Waals surface area contributed by atoms with E-state index in [1.54, 1.807) is 0 Å². The Bertz CT molecular complexity index is 468. The summed E-state index contributed by atoms with van der Waals surface area (Å²) >= 11 is 0. The maximum absolute atomic E-state index is 13.3. The highest BCUT2D eigenvalue weighted by Crippen LogP contribution is 2.41. The van der Waals surface area contributed by atoms with Crippen molar-refractivity contribution < 1.29 is 13.6 Å². The lowest BCUT2D eigenvalue weighted by Gasteiger charge is -2.08. The van der Waals surface area contributed by atoms with E-state index in [1.165, 1.54) is 0 Å². The van der Waals surface area contributed by atoms with Gasteiger partial charge in [-0.25, -0.2) is 8.78 Å². The summed E-state index contributed by atoms with van der Waals surface area (Å²) in [7, 11) is 0. The minimum absolute atomic E-state index is 0.117. The summed E-state index contributed by atoms with van der Waals surface area (Å²) in [6.07, 6.45) is 0. The molecular formula is C12H12F2N2O. The van der Waals surface area contributed by atoms with E-state index in [-0.39, 0.29) is 11.6 Å². The average molecular weight is 238 g/mol. The average Bonchev–Trinajstić information content (AvgIpc) is 2.76. The summed E-state index contributed by atoms with van der Waals surface area (Å²) in [5.41, 5.74) is -0.220. The van der Waals surface area contributed by atoms with E-state index in [9.17, 15) is 13.6 Å². The minimum atomic E-state index is -0.687. The van der Waals surface area contributed by atoms with Gasteiger partial charge in [0.15, 0.2) is 0 Å². The number of hydrogen-bond acceptors (Lipinski definition) is 2. The number of nitrogens with one attached hydrogen (secondary N) is 2. The standard InChI is InChI=1S/C12H12F2N2O/c13-6-1-2-10(14)7(3-6)12(17)16-11-8-4-15-5-9(8)11/h1-3,8-9,11,15H,4-5H2,(H,16,17). The molecule has 2 N–H and O–H groups in total. The molecule has 2 aliphatic rings. The molecule has 90 valence electrons. The molecule has 0 radical (unpaired) electrons. The minimum Gasteiger partial charge on any atom is -0.349 e. The predicted molar refractivity (Wildman–Crippen MR) is 57.5 cm³/mol. The molecule has 0 spiro atoms. The first-order chi connectivity index (χ1) is 8.16. The van der Waals surface area contributed by atoms with Crippen LogP contribution < -0.4 is 10.6 Å². The van der Waals surface area contributed by atoms with E-state index in [2.05, 4.69) is 10.6 Å². The van der Waals surface area contributed by atoms with Gasteiger partial charge in [-0.3, -0.25) is 4.79 Å². The number of amides is 1. The van der Waals surface area contributed by atoms with Gasteiger partial charge in [0, 0.05) is 19.1 Å². The van der Waals surface area contributed by atoms with E-state index in [0.29, 0.717) is 11.8 Å². The van der Waals surface area contributed by atoms with Crippen LogP contribution in [0.3, 0.4) is 0 Å². The number of hydrogen-bond donors (Lipinski definition) is 2. The van der Waals surface area contributed by atoms with Crippen molar-refractivity contribution in [3.63, 3.8) is 0 Å². The molecule has 2 fully saturated rings. The second-order valence-electron chi connectivity index (χ2n) is 4.61. The Hall–Kier alpha value is -1.49. The van der Waals surface area contributed by atoms with E-state index < -0.39 is 17.5 Å². The highest BCUT2D eigenvalue weighted by Gasteiger charge is 2.53. The largest absolute Gasteiger partial charge is 0.349 e. The summed E-state index contributed by atoms with van der Waals surface area (Å²) in [6.45, 7) is 1.78. The van der Waals surface area contributed by atoms with E-state index in [0.717, 1.165) is 31.3 Å².